The molecular weight excluding hydrogens is 460 g/mol. The SMILES string of the molecule is O=C(NCCN1CCN(Cc2ccccc2)CC1)c1nnc(C(=O)Nc2cccc(Cl)c2)s1. The number of carbonyl (C=O) groups is 2. The highest BCUT2D eigenvalue weighted by Gasteiger charge is 2.19. The first-order chi connectivity index (χ1) is 16.1. The zero-order chi connectivity index (χ0) is 23.0. The molecule has 1 fully saturated rings. The minimum Gasteiger partial charge on any atom is -0.349 e. The van der Waals surface area contributed by atoms with Gasteiger partial charge in [-0.15, -0.1) is 10.2 Å². The smallest absolute Gasteiger partial charge is 0.286 e. The van der Waals surface area contributed by atoms with E-state index in [0.717, 1.165) is 50.6 Å². The van der Waals surface area contributed by atoms with Gasteiger partial charge in [0.2, 0.25) is 10.0 Å². The molecule has 1 aliphatic heterocycles. The summed E-state index contributed by atoms with van der Waals surface area (Å²) in [7, 11) is 0. The van der Waals surface area contributed by atoms with Crippen LogP contribution in [0.3, 0.4) is 0 Å². The fraction of sp³-hybridized carbons (Fsp3) is 0.304. The zero-order valence-electron chi connectivity index (χ0n) is 18.0. The summed E-state index contributed by atoms with van der Waals surface area (Å²) in [6.45, 7) is 6.20. The highest BCUT2D eigenvalue weighted by Crippen LogP contribution is 2.17. The molecule has 0 aliphatic carbocycles. The number of hydrogen-bond acceptors (Lipinski definition) is 7. The average Bonchev–Trinajstić information content (AvgIpc) is 3.32. The molecule has 0 spiro atoms. The van der Waals surface area contributed by atoms with Gasteiger partial charge in [-0.3, -0.25) is 19.4 Å². The Labute approximate surface area is 201 Å². The number of halogens is 1. The van der Waals surface area contributed by atoms with Crippen molar-refractivity contribution in [2.24, 2.45) is 0 Å². The van der Waals surface area contributed by atoms with Crippen molar-refractivity contribution >= 4 is 40.4 Å². The molecule has 2 aromatic carbocycles. The fourth-order valence-corrected chi connectivity index (χ4v) is 4.42. The lowest BCUT2D eigenvalue weighted by Crippen LogP contribution is -2.48. The summed E-state index contributed by atoms with van der Waals surface area (Å²) in [6, 6.07) is 17.3. The molecule has 0 radical (unpaired) electrons. The molecule has 2 amide bonds. The second-order valence-corrected chi connectivity index (χ2v) is 9.15. The molecule has 0 unspecified atom stereocenters. The number of benzene rings is 2. The molecule has 1 saturated heterocycles. The summed E-state index contributed by atoms with van der Waals surface area (Å²) in [5.74, 6) is -0.751. The lowest BCUT2D eigenvalue weighted by atomic mass is 10.2. The van der Waals surface area contributed by atoms with E-state index in [2.05, 4.69) is 54.9 Å². The van der Waals surface area contributed by atoms with Gasteiger partial charge in [0.1, 0.15) is 0 Å². The van der Waals surface area contributed by atoms with Gasteiger partial charge in [-0.05, 0) is 23.8 Å². The summed E-state index contributed by atoms with van der Waals surface area (Å²) in [6.07, 6.45) is 0. The van der Waals surface area contributed by atoms with Crippen molar-refractivity contribution < 1.29 is 9.59 Å². The number of nitrogens with one attached hydrogen (secondary N) is 2. The van der Waals surface area contributed by atoms with Crippen molar-refractivity contribution in [2.75, 3.05) is 44.6 Å². The van der Waals surface area contributed by atoms with Crippen LogP contribution in [0, 0.1) is 0 Å². The topological polar surface area (TPSA) is 90.5 Å². The lowest BCUT2D eigenvalue weighted by molar-refractivity contribution is 0.0932. The van der Waals surface area contributed by atoms with Crippen LogP contribution in [-0.4, -0.2) is 71.1 Å². The standard InChI is InChI=1S/C23H25ClN6O2S/c24-18-7-4-8-19(15-18)26-21(32)23-28-27-22(33-23)20(31)25-9-10-29-11-13-30(14-12-29)16-17-5-2-1-3-6-17/h1-8,15H,9-14,16H2,(H,25,31)(H,26,32). The molecule has 0 bridgehead atoms. The molecular formula is C23H25ClN6O2S. The van der Waals surface area contributed by atoms with Crippen LogP contribution >= 0.6 is 22.9 Å². The van der Waals surface area contributed by atoms with Crippen molar-refractivity contribution in [3.05, 3.63) is 75.2 Å². The van der Waals surface area contributed by atoms with E-state index in [9.17, 15) is 9.59 Å². The van der Waals surface area contributed by atoms with E-state index in [-0.39, 0.29) is 15.9 Å². The first kappa shape index (κ1) is 23.3. The number of nitrogens with zero attached hydrogens (tertiary/aromatic N) is 4. The minimum atomic E-state index is -0.429. The van der Waals surface area contributed by atoms with Gasteiger partial charge >= 0.3 is 0 Å². The van der Waals surface area contributed by atoms with Crippen LogP contribution in [0.15, 0.2) is 54.6 Å². The molecule has 1 aromatic heterocycles. The molecule has 2 heterocycles. The Morgan fingerprint density at radius 1 is 0.909 bits per heavy atom. The van der Waals surface area contributed by atoms with Crippen LogP contribution in [0.4, 0.5) is 5.69 Å². The highest BCUT2D eigenvalue weighted by atomic mass is 35.5. The van der Waals surface area contributed by atoms with E-state index in [4.69, 9.17) is 11.6 Å². The Hall–Kier alpha value is -2.85. The largest absolute Gasteiger partial charge is 0.349 e. The first-order valence-electron chi connectivity index (χ1n) is 10.7. The van der Waals surface area contributed by atoms with Crippen LogP contribution in [0.2, 0.25) is 5.02 Å². The van der Waals surface area contributed by atoms with Crippen LogP contribution in [0.1, 0.15) is 25.2 Å². The molecule has 8 nitrogen and oxygen atoms in total. The van der Waals surface area contributed by atoms with Gasteiger partial charge in [-0.2, -0.15) is 0 Å². The minimum absolute atomic E-state index is 0.120. The van der Waals surface area contributed by atoms with Gasteiger partial charge in [0.05, 0.1) is 0 Å². The van der Waals surface area contributed by atoms with Crippen LogP contribution in [0.25, 0.3) is 0 Å². The summed E-state index contributed by atoms with van der Waals surface area (Å²) in [4.78, 5) is 29.5. The Bertz CT molecular complexity index is 1090. The molecule has 10 heteroatoms. The maximum Gasteiger partial charge on any atom is 0.286 e. The molecule has 172 valence electrons. The first-order valence-corrected chi connectivity index (χ1v) is 11.9. The fourth-order valence-electron chi connectivity index (χ4n) is 3.57. The second kappa shape index (κ2) is 11.3. The number of carbonyl (C=O) groups excluding carboxylic acids is 2. The Balaban J connectivity index is 1.18. The van der Waals surface area contributed by atoms with Gasteiger partial charge in [0.15, 0.2) is 0 Å². The van der Waals surface area contributed by atoms with E-state index >= 15 is 0 Å². The number of anilines is 1. The third-order valence-electron chi connectivity index (χ3n) is 5.32. The molecule has 2 N–H and O–H groups in total. The number of amides is 2. The lowest BCUT2D eigenvalue weighted by Gasteiger charge is -2.34. The van der Waals surface area contributed by atoms with Gasteiger partial charge in [-0.1, -0.05) is 59.3 Å². The predicted molar refractivity (Wildman–Crippen MR) is 130 cm³/mol. The van der Waals surface area contributed by atoms with E-state index in [1.807, 2.05) is 6.07 Å². The van der Waals surface area contributed by atoms with Crippen LogP contribution in [-0.2, 0) is 6.54 Å². The van der Waals surface area contributed by atoms with Crippen LogP contribution in [0.5, 0.6) is 0 Å². The number of aromatic nitrogens is 2. The van der Waals surface area contributed by atoms with Crippen molar-refractivity contribution in [3.63, 3.8) is 0 Å². The molecule has 1 aliphatic rings. The second-order valence-electron chi connectivity index (χ2n) is 7.74. The van der Waals surface area contributed by atoms with E-state index in [0.29, 0.717) is 17.3 Å². The average molecular weight is 485 g/mol. The van der Waals surface area contributed by atoms with Gasteiger partial charge in [-0.25, -0.2) is 0 Å². The van der Waals surface area contributed by atoms with E-state index < -0.39 is 5.91 Å². The Kier molecular flexibility index (Phi) is 8.01. The molecule has 3 aromatic rings. The summed E-state index contributed by atoms with van der Waals surface area (Å²) in [5.41, 5.74) is 1.88. The van der Waals surface area contributed by atoms with Gasteiger partial charge in [0.25, 0.3) is 11.8 Å². The summed E-state index contributed by atoms with van der Waals surface area (Å²) < 4.78 is 0. The number of hydrogen-bond donors (Lipinski definition) is 2. The highest BCUT2D eigenvalue weighted by molar-refractivity contribution is 7.15. The molecule has 33 heavy (non-hydrogen) atoms. The van der Waals surface area contributed by atoms with E-state index in [1.165, 1.54) is 5.56 Å². The normalized spacial score (nSPS) is 14.7. The van der Waals surface area contributed by atoms with Crippen molar-refractivity contribution in [1.29, 1.82) is 0 Å². The third-order valence-corrected chi connectivity index (χ3v) is 6.48. The molecule has 0 atom stereocenters. The monoisotopic (exact) mass is 484 g/mol. The van der Waals surface area contributed by atoms with Crippen LogP contribution < -0.4 is 10.6 Å². The van der Waals surface area contributed by atoms with Gasteiger partial charge < -0.3 is 10.6 Å². The van der Waals surface area contributed by atoms with Crippen molar-refractivity contribution in [2.45, 2.75) is 6.54 Å². The summed E-state index contributed by atoms with van der Waals surface area (Å²) >= 11 is 6.89. The zero-order valence-corrected chi connectivity index (χ0v) is 19.6. The number of piperazine rings is 1. The molecule has 4 rings (SSSR count). The maximum atomic E-state index is 12.4. The maximum absolute atomic E-state index is 12.4. The van der Waals surface area contributed by atoms with Gasteiger partial charge in [0, 0.05) is 56.5 Å². The summed E-state index contributed by atoms with van der Waals surface area (Å²) in [5, 5.41) is 14.1. The third kappa shape index (κ3) is 6.82. The number of rotatable bonds is 8. The molecule has 0 saturated carbocycles. The Morgan fingerprint density at radius 3 is 2.33 bits per heavy atom. The predicted octanol–water partition coefficient (Wildman–Crippen LogP) is 2.99. The van der Waals surface area contributed by atoms with Crippen molar-refractivity contribution in [3.8, 4) is 0 Å². The Morgan fingerprint density at radius 2 is 1.61 bits per heavy atom. The van der Waals surface area contributed by atoms with E-state index in [1.54, 1.807) is 24.3 Å². The van der Waals surface area contributed by atoms with Crippen molar-refractivity contribution in [1.82, 2.24) is 25.3 Å². The quantitative estimate of drug-likeness (QED) is 0.511.